The van der Waals surface area contributed by atoms with Crippen LogP contribution in [0.15, 0.2) is 35.2 Å². The first-order valence-corrected chi connectivity index (χ1v) is 8.30. The SMILES string of the molecule is C[C@]12CCCC[C@@H]1CC(=O)C[C@H]2Sc1ccccc1. The highest BCUT2D eigenvalue weighted by Crippen LogP contribution is 2.54. The fourth-order valence-electron chi connectivity index (χ4n) is 3.83. The normalized spacial score (nSPS) is 34.9. The third-order valence-corrected chi connectivity index (χ3v) is 6.63. The number of fused-ring (bicyclic) bond motifs is 1. The van der Waals surface area contributed by atoms with Crippen molar-refractivity contribution in [2.75, 3.05) is 0 Å². The molecule has 0 saturated heterocycles. The van der Waals surface area contributed by atoms with Crippen LogP contribution in [0.3, 0.4) is 0 Å². The lowest BCUT2D eigenvalue weighted by Gasteiger charge is -2.49. The molecule has 19 heavy (non-hydrogen) atoms. The van der Waals surface area contributed by atoms with Gasteiger partial charge in [-0.2, -0.15) is 0 Å². The van der Waals surface area contributed by atoms with Gasteiger partial charge in [-0.1, -0.05) is 38.0 Å². The molecular formula is C17H22OS. The predicted octanol–water partition coefficient (Wildman–Crippen LogP) is 4.71. The first-order valence-electron chi connectivity index (χ1n) is 7.42. The zero-order valence-electron chi connectivity index (χ0n) is 11.6. The van der Waals surface area contributed by atoms with Crippen molar-refractivity contribution in [2.45, 2.75) is 55.6 Å². The van der Waals surface area contributed by atoms with Crippen LogP contribution in [0.1, 0.15) is 45.4 Å². The number of ketones is 1. The van der Waals surface area contributed by atoms with E-state index in [1.54, 1.807) is 0 Å². The van der Waals surface area contributed by atoms with Gasteiger partial charge in [-0.25, -0.2) is 0 Å². The quantitative estimate of drug-likeness (QED) is 0.777. The van der Waals surface area contributed by atoms with Gasteiger partial charge >= 0.3 is 0 Å². The molecule has 0 spiro atoms. The smallest absolute Gasteiger partial charge is 0.134 e. The minimum absolute atomic E-state index is 0.368. The standard InChI is InChI=1S/C17H22OS/c1-17-10-6-5-7-13(17)11-14(18)12-16(17)19-15-8-3-2-4-9-15/h2-4,8-9,13,16H,5-7,10-12H2,1H3/t13-,16-,17+/m1/s1. The lowest BCUT2D eigenvalue weighted by atomic mass is 9.60. The fourth-order valence-corrected chi connectivity index (χ4v) is 5.32. The molecule has 2 heteroatoms. The molecule has 0 heterocycles. The molecule has 102 valence electrons. The summed E-state index contributed by atoms with van der Waals surface area (Å²) >= 11 is 1.93. The van der Waals surface area contributed by atoms with Crippen molar-refractivity contribution in [3.8, 4) is 0 Å². The van der Waals surface area contributed by atoms with Crippen molar-refractivity contribution in [1.29, 1.82) is 0 Å². The summed E-state index contributed by atoms with van der Waals surface area (Å²) in [6, 6.07) is 10.6. The summed E-state index contributed by atoms with van der Waals surface area (Å²) in [6.45, 7) is 2.43. The molecule has 2 saturated carbocycles. The van der Waals surface area contributed by atoms with Crippen molar-refractivity contribution in [2.24, 2.45) is 11.3 Å². The molecule has 1 aromatic carbocycles. The van der Waals surface area contributed by atoms with Gasteiger partial charge in [-0.15, -0.1) is 11.8 Å². The Bertz CT molecular complexity index is 456. The van der Waals surface area contributed by atoms with Crippen LogP contribution < -0.4 is 0 Å². The Balaban J connectivity index is 1.83. The average molecular weight is 274 g/mol. The highest BCUT2D eigenvalue weighted by atomic mass is 32.2. The molecule has 0 aromatic heterocycles. The summed E-state index contributed by atoms with van der Waals surface area (Å²) in [7, 11) is 0. The summed E-state index contributed by atoms with van der Waals surface area (Å²) in [4.78, 5) is 13.4. The van der Waals surface area contributed by atoms with Crippen LogP contribution in [0.4, 0.5) is 0 Å². The van der Waals surface area contributed by atoms with Gasteiger partial charge in [0.15, 0.2) is 0 Å². The van der Waals surface area contributed by atoms with Crippen LogP contribution in [-0.4, -0.2) is 11.0 Å². The van der Waals surface area contributed by atoms with Crippen LogP contribution in [0, 0.1) is 11.3 Å². The minimum Gasteiger partial charge on any atom is -0.300 e. The molecule has 0 radical (unpaired) electrons. The maximum Gasteiger partial charge on any atom is 0.134 e. The molecule has 0 amide bonds. The average Bonchev–Trinajstić information content (AvgIpc) is 2.41. The summed E-state index contributed by atoms with van der Waals surface area (Å²) in [5.41, 5.74) is 0.368. The highest BCUT2D eigenvalue weighted by molar-refractivity contribution is 8.00. The lowest BCUT2D eigenvalue weighted by molar-refractivity contribution is -0.125. The second-order valence-electron chi connectivity index (χ2n) is 6.31. The summed E-state index contributed by atoms with van der Waals surface area (Å²) in [6.07, 6.45) is 6.82. The van der Waals surface area contributed by atoms with Crippen LogP contribution >= 0.6 is 11.8 Å². The molecular weight excluding hydrogens is 252 g/mol. The second kappa shape index (κ2) is 5.32. The van der Waals surface area contributed by atoms with Crippen LogP contribution in [0.5, 0.6) is 0 Å². The van der Waals surface area contributed by atoms with Gasteiger partial charge < -0.3 is 0 Å². The van der Waals surface area contributed by atoms with E-state index >= 15 is 0 Å². The molecule has 0 N–H and O–H groups in total. The Labute approximate surface area is 120 Å². The van der Waals surface area contributed by atoms with E-state index in [2.05, 4.69) is 37.3 Å². The van der Waals surface area contributed by atoms with E-state index in [4.69, 9.17) is 0 Å². The third-order valence-electron chi connectivity index (χ3n) is 5.09. The molecule has 1 nitrogen and oxygen atoms in total. The van der Waals surface area contributed by atoms with Crippen molar-refractivity contribution < 1.29 is 4.79 Å². The third kappa shape index (κ3) is 2.60. The largest absolute Gasteiger partial charge is 0.300 e. The molecule has 3 rings (SSSR count). The first-order chi connectivity index (χ1) is 9.18. The zero-order valence-corrected chi connectivity index (χ0v) is 12.4. The topological polar surface area (TPSA) is 17.1 Å². The first kappa shape index (κ1) is 13.2. The predicted molar refractivity (Wildman–Crippen MR) is 80.4 cm³/mol. The summed E-state index contributed by atoms with van der Waals surface area (Å²) < 4.78 is 0. The van der Waals surface area contributed by atoms with Crippen molar-refractivity contribution in [3.63, 3.8) is 0 Å². The van der Waals surface area contributed by atoms with Gasteiger partial charge in [0.1, 0.15) is 5.78 Å². The molecule has 1 aromatic rings. The molecule has 0 bridgehead atoms. The van der Waals surface area contributed by atoms with Crippen LogP contribution in [0.2, 0.25) is 0 Å². The molecule has 0 unspecified atom stereocenters. The Kier molecular flexibility index (Phi) is 3.70. The van der Waals surface area contributed by atoms with Gasteiger partial charge in [-0.05, 0) is 36.3 Å². The zero-order chi connectivity index (χ0) is 13.3. The van der Waals surface area contributed by atoms with E-state index in [-0.39, 0.29) is 0 Å². The molecule has 2 fully saturated rings. The van der Waals surface area contributed by atoms with Crippen LogP contribution in [-0.2, 0) is 4.79 Å². The Morgan fingerprint density at radius 1 is 1.16 bits per heavy atom. The second-order valence-corrected chi connectivity index (χ2v) is 7.59. The van der Waals surface area contributed by atoms with E-state index < -0.39 is 0 Å². The lowest BCUT2D eigenvalue weighted by Crippen LogP contribution is -2.45. The number of carbonyl (C=O) groups is 1. The Hall–Kier alpha value is -0.760. The highest BCUT2D eigenvalue weighted by Gasteiger charge is 2.47. The summed E-state index contributed by atoms with van der Waals surface area (Å²) in [5.74, 6) is 1.11. The minimum atomic E-state index is 0.368. The molecule has 2 aliphatic rings. The number of hydrogen-bond acceptors (Lipinski definition) is 2. The van der Waals surface area contributed by atoms with Crippen molar-refractivity contribution in [3.05, 3.63) is 30.3 Å². The number of benzene rings is 1. The van der Waals surface area contributed by atoms with E-state index in [1.165, 1.54) is 30.6 Å². The Morgan fingerprint density at radius 3 is 2.74 bits per heavy atom. The molecule has 2 aliphatic carbocycles. The van der Waals surface area contributed by atoms with E-state index in [0.717, 1.165) is 12.8 Å². The van der Waals surface area contributed by atoms with Gasteiger partial charge in [-0.3, -0.25) is 4.79 Å². The van der Waals surface area contributed by atoms with Gasteiger partial charge in [0.05, 0.1) is 0 Å². The van der Waals surface area contributed by atoms with E-state index in [0.29, 0.717) is 22.4 Å². The van der Waals surface area contributed by atoms with Gasteiger partial charge in [0.2, 0.25) is 0 Å². The molecule has 3 atom stereocenters. The van der Waals surface area contributed by atoms with Gasteiger partial charge in [0, 0.05) is 23.0 Å². The van der Waals surface area contributed by atoms with Crippen molar-refractivity contribution in [1.82, 2.24) is 0 Å². The van der Waals surface area contributed by atoms with Gasteiger partial charge in [0.25, 0.3) is 0 Å². The van der Waals surface area contributed by atoms with E-state index in [9.17, 15) is 4.79 Å². The fraction of sp³-hybridized carbons (Fsp3) is 0.588. The van der Waals surface area contributed by atoms with Crippen molar-refractivity contribution >= 4 is 17.5 Å². The number of rotatable bonds is 2. The monoisotopic (exact) mass is 274 g/mol. The van der Waals surface area contributed by atoms with Crippen LogP contribution in [0.25, 0.3) is 0 Å². The van der Waals surface area contributed by atoms with E-state index in [1.807, 2.05) is 11.8 Å². The summed E-state index contributed by atoms with van der Waals surface area (Å²) in [5, 5.41) is 0.474. The maximum atomic E-state index is 12.0. The number of hydrogen-bond donors (Lipinski definition) is 0. The number of Topliss-reactive ketones (excluding diaryl/α,β-unsaturated/α-hetero) is 1. The molecule has 0 aliphatic heterocycles. The Morgan fingerprint density at radius 2 is 1.95 bits per heavy atom. The number of thioether (sulfide) groups is 1. The number of carbonyl (C=O) groups excluding carboxylic acids is 1. The maximum absolute atomic E-state index is 12.0.